The van der Waals surface area contributed by atoms with Crippen LogP contribution in [0.2, 0.25) is 0 Å². The van der Waals surface area contributed by atoms with E-state index in [1.807, 2.05) is 45.0 Å². The monoisotopic (exact) mass is 401 g/mol. The molecule has 1 amide bonds. The van der Waals surface area contributed by atoms with E-state index >= 15 is 0 Å². The van der Waals surface area contributed by atoms with E-state index < -0.39 is 0 Å². The van der Waals surface area contributed by atoms with Crippen molar-refractivity contribution in [3.8, 4) is 5.69 Å². The second-order valence-corrected chi connectivity index (χ2v) is 6.00. The summed E-state index contributed by atoms with van der Waals surface area (Å²) < 4.78 is 2.61. The first-order valence-electron chi connectivity index (χ1n) is 7.22. The van der Waals surface area contributed by atoms with E-state index in [4.69, 9.17) is 0 Å². The maximum absolute atomic E-state index is 12.2. The first kappa shape index (κ1) is 19.6. The van der Waals surface area contributed by atoms with Crippen LogP contribution >= 0.6 is 28.3 Å². The number of halogens is 2. The Morgan fingerprint density at radius 1 is 1.43 bits per heavy atom. The van der Waals surface area contributed by atoms with Crippen molar-refractivity contribution in [3.05, 3.63) is 40.1 Å². The minimum absolute atomic E-state index is 0. The molecule has 1 aromatic carbocycles. The molecular weight excluding hydrogens is 382 g/mol. The van der Waals surface area contributed by atoms with E-state index in [-0.39, 0.29) is 24.4 Å². The number of hydrogen-bond donors (Lipinski definition) is 2. The maximum Gasteiger partial charge on any atom is 0.273 e. The van der Waals surface area contributed by atoms with Crippen molar-refractivity contribution in [1.29, 1.82) is 0 Å². The van der Waals surface area contributed by atoms with Gasteiger partial charge in [0.15, 0.2) is 5.69 Å². The molecule has 1 heterocycles. The van der Waals surface area contributed by atoms with Gasteiger partial charge in [-0.1, -0.05) is 34.1 Å². The van der Waals surface area contributed by atoms with Gasteiger partial charge in [0.25, 0.3) is 5.91 Å². The first-order valence-corrected chi connectivity index (χ1v) is 8.02. The molecule has 1 atom stereocenters. The highest BCUT2D eigenvalue weighted by molar-refractivity contribution is 9.10. The average Bonchev–Trinajstić information content (AvgIpc) is 2.87. The van der Waals surface area contributed by atoms with Crippen molar-refractivity contribution >= 4 is 34.2 Å². The predicted octanol–water partition coefficient (Wildman–Crippen LogP) is 2.49. The Hall–Kier alpha value is -1.44. The largest absolute Gasteiger partial charge is 0.349 e. The van der Waals surface area contributed by atoms with E-state index in [1.165, 1.54) is 0 Å². The molecule has 8 heteroatoms. The Kier molecular flexibility index (Phi) is 7.67. The summed E-state index contributed by atoms with van der Waals surface area (Å²) in [6, 6.07) is 7.91. The van der Waals surface area contributed by atoms with Crippen LogP contribution in [0.5, 0.6) is 0 Å². The van der Waals surface area contributed by atoms with Crippen LogP contribution < -0.4 is 10.6 Å². The summed E-state index contributed by atoms with van der Waals surface area (Å²) in [7, 11) is 0. The van der Waals surface area contributed by atoms with Crippen LogP contribution in [0.1, 0.15) is 30.0 Å². The summed E-state index contributed by atoms with van der Waals surface area (Å²) in [5.74, 6) is -0.205. The second-order valence-electron chi connectivity index (χ2n) is 5.08. The molecule has 0 bridgehead atoms. The van der Waals surface area contributed by atoms with Crippen molar-refractivity contribution < 1.29 is 4.79 Å². The molecule has 6 nitrogen and oxygen atoms in total. The van der Waals surface area contributed by atoms with Gasteiger partial charge in [-0.05, 0) is 38.6 Å². The second kappa shape index (κ2) is 9.00. The Labute approximate surface area is 150 Å². The molecule has 0 aliphatic carbocycles. The van der Waals surface area contributed by atoms with Crippen LogP contribution in [0.4, 0.5) is 0 Å². The standard InChI is InChI=1S/C15H20BrN5O.ClH/c1-4-17-10(2)9-18-15(22)14-11(3)21(20-19-14)13-7-5-6-12(16)8-13;/h5-8,10,17H,4,9H2,1-3H3,(H,18,22);1H/t10-;/m1./s1. The Morgan fingerprint density at radius 2 is 2.17 bits per heavy atom. The number of rotatable bonds is 6. The van der Waals surface area contributed by atoms with Gasteiger partial charge >= 0.3 is 0 Å². The molecule has 0 fully saturated rings. The van der Waals surface area contributed by atoms with Crippen LogP contribution in [0.3, 0.4) is 0 Å². The highest BCUT2D eigenvalue weighted by Crippen LogP contribution is 2.17. The van der Waals surface area contributed by atoms with Gasteiger partial charge in [0.1, 0.15) is 0 Å². The summed E-state index contributed by atoms with van der Waals surface area (Å²) in [5.41, 5.74) is 1.93. The molecule has 1 aromatic heterocycles. The van der Waals surface area contributed by atoms with E-state index in [9.17, 15) is 4.79 Å². The smallest absolute Gasteiger partial charge is 0.273 e. The van der Waals surface area contributed by atoms with Gasteiger partial charge in [-0.3, -0.25) is 4.79 Å². The zero-order valence-electron chi connectivity index (χ0n) is 13.3. The van der Waals surface area contributed by atoms with E-state index in [2.05, 4.69) is 36.9 Å². The Morgan fingerprint density at radius 3 is 2.83 bits per heavy atom. The van der Waals surface area contributed by atoms with Crippen molar-refractivity contribution in [3.63, 3.8) is 0 Å². The number of nitrogens with zero attached hydrogens (tertiary/aromatic N) is 3. The predicted molar refractivity (Wildman–Crippen MR) is 96.5 cm³/mol. The van der Waals surface area contributed by atoms with Gasteiger partial charge in [-0.15, -0.1) is 17.5 Å². The molecule has 2 rings (SSSR count). The van der Waals surface area contributed by atoms with Crippen molar-refractivity contribution in [2.24, 2.45) is 0 Å². The normalized spacial score (nSPS) is 11.7. The van der Waals surface area contributed by atoms with Gasteiger partial charge < -0.3 is 10.6 Å². The molecule has 2 aromatic rings. The fourth-order valence-corrected chi connectivity index (χ4v) is 2.53. The van der Waals surface area contributed by atoms with Gasteiger partial charge in [0, 0.05) is 17.1 Å². The Balaban J connectivity index is 0.00000264. The zero-order valence-corrected chi connectivity index (χ0v) is 15.7. The topological polar surface area (TPSA) is 71.8 Å². The summed E-state index contributed by atoms with van der Waals surface area (Å²) in [6.07, 6.45) is 0. The minimum atomic E-state index is -0.205. The number of benzene rings is 1. The lowest BCUT2D eigenvalue weighted by Crippen LogP contribution is -2.39. The van der Waals surface area contributed by atoms with Crippen LogP contribution in [0, 0.1) is 6.92 Å². The molecule has 0 saturated heterocycles. The van der Waals surface area contributed by atoms with Crippen LogP contribution in [-0.4, -0.2) is 40.0 Å². The molecule has 0 radical (unpaired) electrons. The third-order valence-electron chi connectivity index (χ3n) is 3.28. The first-order chi connectivity index (χ1) is 10.5. The highest BCUT2D eigenvalue weighted by Gasteiger charge is 2.17. The summed E-state index contributed by atoms with van der Waals surface area (Å²) in [5, 5.41) is 14.2. The van der Waals surface area contributed by atoms with Crippen LogP contribution in [0.15, 0.2) is 28.7 Å². The minimum Gasteiger partial charge on any atom is -0.349 e. The molecule has 0 spiro atoms. The summed E-state index contributed by atoms with van der Waals surface area (Å²) >= 11 is 3.43. The van der Waals surface area contributed by atoms with Crippen molar-refractivity contribution in [1.82, 2.24) is 25.6 Å². The fraction of sp³-hybridized carbons (Fsp3) is 0.400. The molecule has 0 aliphatic rings. The third kappa shape index (κ3) is 5.02. The van der Waals surface area contributed by atoms with E-state index in [0.717, 1.165) is 16.7 Å². The molecule has 0 unspecified atom stereocenters. The van der Waals surface area contributed by atoms with Crippen LogP contribution in [0.25, 0.3) is 5.69 Å². The highest BCUT2D eigenvalue weighted by atomic mass is 79.9. The number of carbonyl (C=O) groups is 1. The molecule has 2 N–H and O–H groups in total. The molecule has 0 aliphatic heterocycles. The van der Waals surface area contributed by atoms with Gasteiger partial charge in [-0.25, -0.2) is 4.68 Å². The lowest BCUT2D eigenvalue weighted by atomic mass is 10.2. The van der Waals surface area contributed by atoms with Crippen LogP contribution in [-0.2, 0) is 0 Å². The van der Waals surface area contributed by atoms with Gasteiger partial charge in [-0.2, -0.15) is 0 Å². The Bertz CT molecular complexity index is 661. The summed E-state index contributed by atoms with van der Waals surface area (Å²) in [6.45, 7) is 7.32. The number of hydrogen-bond acceptors (Lipinski definition) is 4. The number of carbonyl (C=O) groups excluding carboxylic acids is 1. The van der Waals surface area contributed by atoms with Gasteiger partial charge in [0.05, 0.1) is 11.4 Å². The van der Waals surface area contributed by atoms with Gasteiger partial charge in [0.2, 0.25) is 0 Å². The summed E-state index contributed by atoms with van der Waals surface area (Å²) in [4.78, 5) is 12.2. The maximum atomic E-state index is 12.2. The van der Waals surface area contributed by atoms with Crippen molar-refractivity contribution in [2.75, 3.05) is 13.1 Å². The molecule has 126 valence electrons. The fourth-order valence-electron chi connectivity index (χ4n) is 2.14. The number of likely N-dealkylation sites (N-methyl/N-ethyl adjacent to an activating group) is 1. The lowest BCUT2D eigenvalue weighted by Gasteiger charge is -2.12. The molecule has 0 saturated carbocycles. The number of nitrogens with one attached hydrogen (secondary N) is 2. The number of aromatic nitrogens is 3. The zero-order chi connectivity index (χ0) is 16.1. The average molecular weight is 403 g/mol. The van der Waals surface area contributed by atoms with E-state index in [0.29, 0.717) is 17.9 Å². The quantitative estimate of drug-likeness (QED) is 0.779. The SMILES string of the molecule is CCN[C@H](C)CNC(=O)c1nnn(-c2cccc(Br)c2)c1C.Cl. The third-order valence-corrected chi connectivity index (χ3v) is 3.78. The lowest BCUT2D eigenvalue weighted by molar-refractivity contribution is 0.0944. The van der Waals surface area contributed by atoms with Crippen molar-refractivity contribution in [2.45, 2.75) is 26.8 Å². The molecular formula is C15H21BrClN5O. The molecule has 23 heavy (non-hydrogen) atoms. The number of amides is 1. The van der Waals surface area contributed by atoms with E-state index in [1.54, 1.807) is 4.68 Å².